The molecule has 0 spiro atoms. The SMILES string of the molecule is CC(=O)C[C@@H](c1ccccc1)P(=O)(c1ccccc1)c1ccccc1. The van der Waals surface area contributed by atoms with E-state index in [2.05, 4.69) is 0 Å². The fourth-order valence-corrected chi connectivity index (χ4v) is 6.57. The topological polar surface area (TPSA) is 34.1 Å². The third-order valence-electron chi connectivity index (χ3n) is 4.38. The summed E-state index contributed by atoms with van der Waals surface area (Å²) in [6, 6.07) is 28.8. The zero-order chi connectivity index (χ0) is 17.7. The van der Waals surface area contributed by atoms with Crippen LogP contribution >= 0.6 is 7.14 Å². The highest BCUT2D eigenvalue weighted by Crippen LogP contribution is 2.58. The molecule has 1 atom stereocenters. The first-order chi connectivity index (χ1) is 12.1. The van der Waals surface area contributed by atoms with Crippen LogP contribution in [-0.2, 0) is 9.36 Å². The average Bonchev–Trinajstić information content (AvgIpc) is 2.67. The third kappa shape index (κ3) is 3.65. The average molecular weight is 348 g/mol. The zero-order valence-corrected chi connectivity index (χ0v) is 15.1. The number of carbonyl (C=O) groups is 1. The van der Waals surface area contributed by atoms with Crippen LogP contribution in [0.15, 0.2) is 91.0 Å². The number of ketones is 1. The molecule has 3 rings (SSSR count). The van der Waals surface area contributed by atoms with Crippen molar-refractivity contribution < 1.29 is 9.36 Å². The molecule has 0 aliphatic heterocycles. The van der Waals surface area contributed by atoms with Crippen LogP contribution in [0.1, 0.15) is 24.6 Å². The Morgan fingerprint density at radius 1 is 0.760 bits per heavy atom. The largest absolute Gasteiger partial charge is 0.313 e. The Kier molecular flexibility index (Phi) is 5.31. The maximum Gasteiger partial charge on any atom is 0.150 e. The summed E-state index contributed by atoms with van der Waals surface area (Å²) in [5.41, 5.74) is 0.574. The van der Waals surface area contributed by atoms with Crippen molar-refractivity contribution in [1.29, 1.82) is 0 Å². The highest BCUT2D eigenvalue weighted by molar-refractivity contribution is 7.79. The Bertz CT molecular complexity index is 830. The van der Waals surface area contributed by atoms with Crippen molar-refractivity contribution in [3.63, 3.8) is 0 Å². The van der Waals surface area contributed by atoms with Crippen LogP contribution in [0.25, 0.3) is 0 Å². The molecule has 0 bridgehead atoms. The lowest BCUT2D eigenvalue weighted by Gasteiger charge is -2.28. The van der Waals surface area contributed by atoms with Crippen molar-refractivity contribution in [2.24, 2.45) is 0 Å². The summed E-state index contributed by atoms with van der Waals surface area (Å²) in [4.78, 5) is 12.0. The second-order valence-corrected chi connectivity index (χ2v) is 9.13. The van der Waals surface area contributed by atoms with Gasteiger partial charge >= 0.3 is 0 Å². The van der Waals surface area contributed by atoms with Gasteiger partial charge < -0.3 is 4.57 Å². The summed E-state index contributed by atoms with van der Waals surface area (Å²) < 4.78 is 14.5. The molecule has 0 N–H and O–H groups in total. The Morgan fingerprint density at radius 2 is 1.16 bits per heavy atom. The predicted molar refractivity (Wildman–Crippen MR) is 104 cm³/mol. The molecule has 0 aliphatic carbocycles. The van der Waals surface area contributed by atoms with Gasteiger partial charge in [0, 0.05) is 17.0 Å². The molecule has 25 heavy (non-hydrogen) atoms. The Labute approximate surface area is 148 Å². The number of benzene rings is 3. The van der Waals surface area contributed by atoms with Crippen LogP contribution in [0.4, 0.5) is 0 Å². The van der Waals surface area contributed by atoms with E-state index < -0.39 is 7.14 Å². The van der Waals surface area contributed by atoms with E-state index in [1.807, 2.05) is 91.0 Å². The van der Waals surface area contributed by atoms with E-state index in [9.17, 15) is 9.36 Å². The van der Waals surface area contributed by atoms with Gasteiger partial charge in [0.2, 0.25) is 0 Å². The Hall–Kier alpha value is -2.44. The lowest BCUT2D eigenvalue weighted by atomic mass is 10.1. The van der Waals surface area contributed by atoms with Gasteiger partial charge in [-0.1, -0.05) is 91.0 Å². The Morgan fingerprint density at radius 3 is 1.56 bits per heavy atom. The molecule has 0 unspecified atom stereocenters. The predicted octanol–water partition coefficient (Wildman–Crippen LogP) is 4.72. The molecule has 0 amide bonds. The van der Waals surface area contributed by atoms with Gasteiger partial charge in [-0.2, -0.15) is 0 Å². The lowest BCUT2D eigenvalue weighted by Crippen LogP contribution is -2.22. The molecule has 0 heterocycles. The van der Waals surface area contributed by atoms with Crippen LogP contribution < -0.4 is 10.6 Å². The fraction of sp³-hybridized carbons (Fsp3) is 0.136. The minimum absolute atomic E-state index is 0.0425. The van der Waals surface area contributed by atoms with E-state index in [0.29, 0.717) is 0 Å². The van der Waals surface area contributed by atoms with Gasteiger partial charge in [-0.3, -0.25) is 4.79 Å². The monoisotopic (exact) mass is 348 g/mol. The number of carbonyl (C=O) groups excluding carboxylic acids is 1. The van der Waals surface area contributed by atoms with Gasteiger partial charge in [-0.25, -0.2) is 0 Å². The normalized spacial score (nSPS) is 12.5. The molecule has 0 aliphatic rings. The minimum Gasteiger partial charge on any atom is -0.313 e. The van der Waals surface area contributed by atoms with Gasteiger partial charge in [0.1, 0.15) is 5.78 Å². The van der Waals surface area contributed by atoms with E-state index in [0.717, 1.165) is 16.2 Å². The van der Waals surface area contributed by atoms with E-state index in [1.165, 1.54) is 0 Å². The van der Waals surface area contributed by atoms with Gasteiger partial charge in [-0.15, -0.1) is 0 Å². The molecule has 0 aromatic heterocycles. The summed E-state index contributed by atoms with van der Waals surface area (Å²) in [7, 11) is -3.03. The first-order valence-corrected chi connectivity index (χ1v) is 10.2. The lowest BCUT2D eigenvalue weighted by molar-refractivity contribution is -0.117. The van der Waals surface area contributed by atoms with Crippen LogP contribution in [0.2, 0.25) is 0 Å². The third-order valence-corrected chi connectivity index (χ3v) is 7.87. The van der Waals surface area contributed by atoms with Gasteiger partial charge in [0.05, 0.1) is 5.66 Å². The van der Waals surface area contributed by atoms with E-state index in [-0.39, 0.29) is 17.9 Å². The highest BCUT2D eigenvalue weighted by atomic mass is 31.2. The van der Waals surface area contributed by atoms with Gasteiger partial charge in [-0.05, 0) is 12.5 Å². The van der Waals surface area contributed by atoms with Gasteiger partial charge in [0.15, 0.2) is 7.14 Å². The maximum absolute atomic E-state index is 14.5. The van der Waals surface area contributed by atoms with Crippen molar-refractivity contribution >= 4 is 23.5 Å². The fourth-order valence-electron chi connectivity index (χ4n) is 3.21. The molecule has 2 nitrogen and oxygen atoms in total. The minimum atomic E-state index is -3.03. The molecule has 0 radical (unpaired) electrons. The number of hydrogen-bond acceptors (Lipinski definition) is 2. The van der Waals surface area contributed by atoms with Crippen molar-refractivity contribution in [3.8, 4) is 0 Å². The van der Waals surface area contributed by atoms with Crippen LogP contribution in [-0.4, -0.2) is 5.78 Å². The second-order valence-electron chi connectivity index (χ2n) is 6.16. The maximum atomic E-state index is 14.5. The summed E-state index contributed by atoms with van der Waals surface area (Å²) in [6.45, 7) is 1.57. The highest BCUT2D eigenvalue weighted by Gasteiger charge is 2.38. The smallest absolute Gasteiger partial charge is 0.150 e. The number of hydrogen-bond donors (Lipinski definition) is 0. The molecule has 3 aromatic rings. The number of rotatable bonds is 6. The molecule has 0 saturated heterocycles. The second kappa shape index (κ2) is 7.63. The van der Waals surface area contributed by atoms with Crippen molar-refractivity contribution in [3.05, 3.63) is 96.6 Å². The van der Waals surface area contributed by atoms with Crippen LogP contribution in [0, 0.1) is 0 Å². The summed E-state index contributed by atoms with van der Waals surface area (Å²) in [5.74, 6) is 0.0425. The van der Waals surface area contributed by atoms with Crippen LogP contribution in [0.5, 0.6) is 0 Å². The molecule has 3 aromatic carbocycles. The van der Waals surface area contributed by atoms with Crippen molar-refractivity contribution in [1.82, 2.24) is 0 Å². The number of Topliss-reactive ketones (excluding diaryl/α,β-unsaturated/α-hetero) is 1. The van der Waals surface area contributed by atoms with Gasteiger partial charge in [0.25, 0.3) is 0 Å². The van der Waals surface area contributed by atoms with E-state index in [1.54, 1.807) is 6.92 Å². The molecule has 0 saturated carbocycles. The summed E-state index contributed by atoms with van der Waals surface area (Å²) in [5, 5.41) is 1.58. The molecule has 3 heteroatoms. The summed E-state index contributed by atoms with van der Waals surface area (Å²) in [6.07, 6.45) is 0.255. The first kappa shape index (κ1) is 17.4. The summed E-state index contributed by atoms with van der Waals surface area (Å²) >= 11 is 0. The van der Waals surface area contributed by atoms with E-state index >= 15 is 0 Å². The molecular weight excluding hydrogens is 327 g/mol. The molecule has 0 fully saturated rings. The van der Waals surface area contributed by atoms with Crippen LogP contribution in [0.3, 0.4) is 0 Å². The quantitative estimate of drug-likeness (QED) is 0.604. The van der Waals surface area contributed by atoms with E-state index in [4.69, 9.17) is 0 Å². The van der Waals surface area contributed by atoms with Crippen molar-refractivity contribution in [2.45, 2.75) is 19.0 Å². The Balaban J connectivity index is 2.25. The first-order valence-electron chi connectivity index (χ1n) is 8.37. The molecular formula is C22H21O2P. The molecule has 126 valence electrons. The zero-order valence-electron chi connectivity index (χ0n) is 14.2. The van der Waals surface area contributed by atoms with Crippen molar-refractivity contribution in [2.75, 3.05) is 0 Å². The standard InChI is InChI=1S/C22H21O2P/c1-18(23)17-22(19-11-5-2-6-12-19)25(24,20-13-7-3-8-14-20)21-15-9-4-10-16-21/h2-16,22H,17H2,1H3/t22-/m0/s1.